The first-order valence-electron chi connectivity index (χ1n) is 12.3. The Morgan fingerprint density at radius 1 is 1.05 bits per heavy atom. The molecule has 0 saturated carbocycles. The molecule has 0 spiro atoms. The minimum atomic E-state index is -0.316. The largest absolute Gasteiger partial charge is 0.322 e. The van der Waals surface area contributed by atoms with Crippen LogP contribution in [-0.2, 0) is 11.3 Å². The number of benzene rings is 3. The molecule has 198 valence electrons. The summed E-state index contributed by atoms with van der Waals surface area (Å²) < 4.78 is 2.02. The van der Waals surface area contributed by atoms with Crippen LogP contribution >= 0.6 is 35.0 Å². The SMILES string of the molecule is Cc1cc(/C=N\NC(=O)c2ccc([C@H]3SCC(=O)N3Cc3ccccc3)cc2)c(C)n1-c1ccc(Cl)cc1Cl. The number of rotatable bonds is 7. The molecule has 3 aromatic carbocycles. The summed E-state index contributed by atoms with van der Waals surface area (Å²) in [6, 6.07) is 24.6. The molecule has 1 aliphatic rings. The zero-order valence-electron chi connectivity index (χ0n) is 21.4. The number of aryl methyl sites for hydroxylation is 1. The van der Waals surface area contributed by atoms with Gasteiger partial charge in [0.25, 0.3) is 5.91 Å². The van der Waals surface area contributed by atoms with E-state index in [4.69, 9.17) is 23.2 Å². The third kappa shape index (κ3) is 5.91. The molecule has 5 rings (SSSR count). The molecule has 0 aliphatic carbocycles. The molecular formula is C30H26Cl2N4O2S. The van der Waals surface area contributed by atoms with E-state index in [0.29, 0.717) is 27.9 Å². The Hall–Kier alpha value is -3.52. The fourth-order valence-corrected chi connectivity index (χ4v) is 6.34. The lowest BCUT2D eigenvalue weighted by molar-refractivity contribution is -0.128. The minimum absolute atomic E-state index is 0.0859. The van der Waals surface area contributed by atoms with Crippen LogP contribution in [0, 0.1) is 13.8 Å². The maximum Gasteiger partial charge on any atom is 0.271 e. The van der Waals surface area contributed by atoms with E-state index in [2.05, 4.69) is 10.5 Å². The average molecular weight is 578 g/mol. The van der Waals surface area contributed by atoms with Crippen molar-refractivity contribution in [1.29, 1.82) is 0 Å². The van der Waals surface area contributed by atoms with Crippen LogP contribution in [0.4, 0.5) is 0 Å². The molecule has 1 fully saturated rings. The van der Waals surface area contributed by atoms with Crippen molar-refractivity contribution < 1.29 is 9.59 Å². The van der Waals surface area contributed by atoms with Crippen molar-refractivity contribution in [2.24, 2.45) is 5.10 Å². The Morgan fingerprint density at radius 2 is 1.79 bits per heavy atom. The van der Waals surface area contributed by atoms with E-state index in [9.17, 15) is 9.59 Å². The maximum atomic E-state index is 12.8. The highest BCUT2D eigenvalue weighted by Gasteiger charge is 2.32. The number of aromatic nitrogens is 1. The first-order chi connectivity index (χ1) is 18.8. The molecule has 9 heteroatoms. The molecule has 6 nitrogen and oxygen atoms in total. The normalized spacial score (nSPS) is 15.3. The summed E-state index contributed by atoms with van der Waals surface area (Å²) >= 11 is 14.1. The summed E-state index contributed by atoms with van der Waals surface area (Å²) in [7, 11) is 0. The van der Waals surface area contributed by atoms with Gasteiger partial charge in [0.05, 0.1) is 22.7 Å². The van der Waals surface area contributed by atoms with Gasteiger partial charge in [-0.25, -0.2) is 5.43 Å². The third-order valence-electron chi connectivity index (χ3n) is 6.61. The van der Waals surface area contributed by atoms with Gasteiger partial charge in [-0.05, 0) is 61.4 Å². The number of hydrogen-bond donors (Lipinski definition) is 1. The van der Waals surface area contributed by atoms with Gasteiger partial charge in [0.1, 0.15) is 5.37 Å². The van der Waals surface area contributed by atoms with Crippen LogP contribution in [-0.4, -0.2) is 33.2 Å². The second kappa shape index (κ2) is 11.7. The van der Waals surface area contributed by atoms with Crippen molar-refractivity contribution in [1.82, 2.24) is 14.9 Å². The number of amides is 2. The first kappa shape index (κ1) is 27.1. The molecule has 0 unspecified atom stereocenters. The van der Waals surface area contributed by atoms with Gasteiger partial charge in [-0.1, -0.05) is 65.7 Å². The number of hydrogen-bond acceptors (Lipinski definition) is 4. The Kier molecular flexibility index (Phi) is 8.12. The summed E-state index contributed by atoms with van der Waals surface area (Å²) in [5.41, 5.74) is 8.75. The van der Waals surface area contributed by atoms with Gasteiger partial charge < -0.3 is 9.47 Å². The second-order valence-electron chi connectivity index (χ2n) is 9.25. The predicted molar refractivity (Wildman–Crippen MR) is 159 cm³/mol. The van der Waals surface area contributed by atoms with Crippen molar-refractivity contribution in [2.75, 3.05) is 5.75 Å². The summed E-state index contributed by atoms with van der Waals surface area (Å²) in [6.45, 7) is 4.50. The summed E-state index contributed by atoms with van der Waals surface area (Å²) in [5.74, 6) is 0.241. The molecule has 2 heterocycles. The zero-order chi connectivity index (χ0) is 27.5. The molecule has 4 aromatic rings. The zero-order valence-corrected chi connectivity index (χ0v) is 23.7. The lowest BCUT2D eigenvalue weighted by Gasteiger charge is -2.24. The van der Waals surface area contributed by atoms with E-state index in [1.165, 1.54) is 0 Å². The van der Waals surface area contributed by atoms with Gasteiger partial charge in [-0.15, -0.1) is 11.8 Å². The Morgan fingerprint density at radius 3 is 2.51 bits per heavy atom. The highest BCUT2D eigenvalue weighted by Crippen LogP contribution is 2.39. The van der Waals surface area contributed by atoms with Crippen LogP contribution in [0.5, 0.6) is 0 Å². The van der Waals surface area contributed by atoms with Crippen LogP contribution in [0.1, 0.15) is 43.8 Å². The molecule has 1 aliphatic heterocycles. The lowest BCUT2D eigenvalue weighted by atomic mass is 10.1. The van der Waals surface area contributed by atoms with Gasteiger partial charge in [0, 0.05) is 34.1 Å². The lowest BCUT2D eigenvalue weighted by Crippen LogP contribution is -2.27. The van der Waals surface area contributed by atoms with Crippen molar-refractivity contribution in [3.63, 3.8) is 0 Å². The van der Waals surface area contributed by atoms with Crippen molar-refractivity contribution >= 4 is 53.0 Å². The second-order valence-corrected chi connectivity index (χ2v) is 11.2. The number of carbonyl (C=O) groups excluding carboxylic acids is 2. The monoisotopic (exact) mass is 576 g/mol. The summed E-state index contributed by atoms with van der Waals surface area (Å²) in [4.78, 5) is 27.2. The van der Waals surface area contributed by atoms with Crippen LogP contribution in [0.3, 0.4) is 0 Å². The minimum Gasteiger partial charge on any atom is -0.322 e. The molecule has 1 saturated heterocycles. The quantitative estimate of drug-likeness (QED) is 0.191. The number of hydrazone groups is 1. The van der Waals surface area contributed by atoms with Gasteiger partial charge in [-0.2, -0.15) is 5.10 Å². The molecule has 1 atom stereocenters. The predicted octanol–water partition coefficient (Wildman–Crippen LogP) is 6.94. The number of nitrogens with one attached hydrogen (secondary N) is 1. The molecule has 1 aromatic heterocycles. The Labute approximate surface area is 241 Å². The Balaban J connectivity index is 1.25. The van der Waals surface area contributed by atoms with E-state index in [1.807, 2.05) is 77.9 Å². The highest BCUT2D eigenvalue weighted by molar-refractivity contribution is 8.00. The Bertz CT molecular complexity index is 1550. The topological polar surface area (TPSA) is 66.7 Å². The van der Waals surface area contributed by atoms with Crippen LogP contribution in [0.2, 0.25) is 10.0 Å². The smallest absolute Gasteiger partial charge is 0.271 e. The molecular weight excluding hydrogens is 551 g/mol. The highest BCUT2D eigenvalue weighted by atomic mass is 35.5. The van der Waals surface area contributed by atoms with Crippen molar-refractivity contribution in [2.45, 2.75) is 25.8 Å². The molecule has 39 heavy (non-hydrogen) atoms. The first-order valence-corrected chi connectivity index (χ1v) is 14.1. The van der Waals surface area contributed by atoms with E-state index in [0.717, 1.165) is 33.8 Å². The molecule has 0 radical (unpaired) electrons. The molecule has 0 bridgehead atoms. The standard InChI is InChI=1S/C30H26Cl2N4O2S/c1-19-14-24(20(2)36(19)27-13-12-25(31)15-26(27)32)16-33-34-29(38)22-8-10-23(11-9-22)30-35(28(37)18-39-30)17-21-6-4-3-5-7-21/h3-16,30H,17-18H2,1-2H3,(H,34,38)/b33-16-/t30-/m1/s1. The van der Waals surface area contributed by atoms with Crippen LogP contribution < -0.4 is 5.43 Å². The van der Waals surface area contributed by atoms with Gasteiger partial charge in [0.2, 0.25) is 5.91 Å². The van der Waals surface area contributed by atoms with E-state index < -0.39 is 0 Å². The van der Waals surface area contributed by atoms with E-state index in [1.54, 1.807) is 42.2 Å². The van der Waals surface area contributed by atoms with Gasteiger partial charge in [0.15, 0.2) is 0 Å². The number of nitrogens with zero attached hydrogens (tertiary/aromatic N) is 3. The number of thioether (sulfide) groups is 1. The maximum absolute atomic E-state index is 12.8. The van der Waals surface area contributed by atoms with Gasteiger partial charge in [-0.3, -0.25) is 9.59 Å². The van der Waals surface area contributed by atoms with E-state index in [-0.39, 0.29) is 17.2 Å². The third-order valence-corrected chi connectivity index (χ3v) is 8.41. The molecule has 2 amide bonds. The van der Waals surface area contributed by atoms with Crippen molar-refractivity contribution in [3.8, 4) is 5.69 Å². The number of halogens is 2. The van der Waals surface area contributed by atoms with Crippen LogP contribution in [0.15, 0.2) is 84.0 Å². The summed E-state index contributed by atoms with van der Waals surface area (Å²) in [6.07, 6.45) is 1.62. The average Bonchev–Trinajstić information content (AvgIpc) is 3.42. The van der Waals surface area contributed by atoms with Crippen molar-refractivity contribution in [3.05, 3.63) is 123 Å². The number of carbonyl (C=O) groups is 2. The molecule has 1 N–H and O–H groups in total. The van der Waals surface area contributed by atoms with Gasteiger partial charge >= 0.3 is 0 Å². The fourth-order valence-electron chi connectivity index (χ4n) is 4.66. The van der Waals surface area contributed by atoms with Crippen LogP contribution in [0.25, 0.3) is 5.69 Å². The van der Waals surface area contributed by atoms with E-state index >= 15 is 0 Å². The summed E-state index contributed by atoms with van der Waals surface area (Å²) in [5, 5.41) is 5.22. The fraction of sp³-hybridized carbons (Fsp3) is 0.167.